The molecule has 0 heterocycles. The molecule has 0 atom stereocenters. The number of nitrogens with zero attached hydrogens (tertiary/aromatic N) is 1. The molecule has 0 saturated carbocycles. The first-order valence-electron chi connectivity index (χ1n) is 1.84. The number of primary amides is 1. The zero-order valence-electron chi connectivity index (χ0n) is 4.09. The van der Waals surface area contributed by atoms with Crippen molar-refractivity contribution in [2.75, 3.05) is 0 Å². The highest BCUT2D eigenvalue weighted by molar-refractivity contribution is 5.95. The summed E-state index contributed by atoms with van der Waals surface area (Å²) in [5.41, 5.74) is 9.23. The van der Waals surface area contributed by atoms with Crippen molar-refractivity contribution in [2.45, 2.75) is 0 Å². The van der Waals surface area contributed by atoms with Gasteiger partial charge in [0.15, 0.2) is 0 Å². The fraction of sp³-hybridized carbons (Fsp3) is 0. The second-order valence-electron chi connectivity index (χ2n) is 1.06. The van der Waals surface area contributed by atoms with Crippen molar-refractivity contribution in [1.29, 1.82) is 5.26 Å². The Morgan fingerprint density at radius 2 is 2.25 bits per heavy atom. The van der Waals surface area contributed by atoms with Crippen LogP contribution < -0.4 is 11.5 Å². The molecule has 0 spiro atoms. The molecule has 0 aromatic carbocycles. The van der Waals surface area contributed by atoms with Gasteiger partial charge < -0.3 is 11.5 Å². The second kappa shape index (κ2) is 2.64. The molecular formula is C4H5N3O. The summed E-state index contributed by atoms with van der Waals surface area (Å²) in [4.78, 5) is 10.0. The molecule has 4 heteroatoms. The van der Waals surface area contributed by atoms with Crippen molar-refractivity contribution in [3.05, 3.63) is 11.8 Å². The van der Waals surface area contributed by atoms with E-state index in [0.717, 1.165) is 6.20 Å². The van der Waals surface area contributed by atoms with Crippen LogP contribution >= 0.6 is 0 Å². The van der Waals surface area contributed by atoms with Crippen LogP contribution in [-0.2, 0) is 4.79 Å². The maximum Gasteiger partial charge on any atom is 0.260 e. The molecule has 0 aliphatic carbocycles. The standard InChI is InChI=1S/C4H5N3O/c5-1-3(2-6)4(7)8/h1H,5H2,(H2,7,8)/b3-1-. The van der Waals surface area contributed by atoms with Crippen LogP contribution in [0.1, 0.15) is 0 Å². The van der Waals surface area contributed by atoms with Crippen LogP contribution in [0.2, 0.25) is 0 Å². The molecule has 0 aliphatic rings. The Hall–Kier alpha value is -1.50. The molecule has 42 valence electrons. The third-order valence-corrected chi connectivity index (χ3v) is 0.553. The molecule has 0 bridgehead atoms. The van der Waals surface area contributed by atoms with Crippen molar-refractivity contribution in [1.82, 2.24) is 0 Å². The minimum absolute atomic E-state index is 0.218. The predicted molar refractivity (Wildman–Crippen MR) is 27.1 cm³/mol. The van der Waals surface area contributed by atoms with E-state index in [9.17, 15) is 4.79 Å². The molecule has 0 radical (unpaired) electrons. The van der Waals surface area contributed by atoms with Gasteiger partial charge in [-0.15, -0.1) is 0 Å². The number of nitriles is 1. The van der Waals surface area contributed by atoms with E-state index >= 15 is 0 Å². The summed E-state index contributed by atoms with van der Waals surface area (Å²) in [5, 5.41) is 8.00. The number of hydrogen-bond donors (Lipinski definition) is 2. The maximum absolute atomic E-state index is 10.0. The number of carbonyl (C=O) groups excluding carboxylic acids is 1. The van der Waals surface area contributed by atoms with Gasteiger partial charge in [0.05, 0.1) is 0 Å². The summed E-state index contributed by atoms with van der Waals surface area (Å²) in [7, 11) is 0. The summed E-state index contributed by atoms with van der Waals surface area (Å²) in [6.45, 7) is 0. The van der Waals surface area contributed by atoms with E-state index in [1.54, 1.807) is 0 Å². The molecule has 0 unspecified atom stereocenters. The van der Waals surface area contributed by atoms with Crippen LogP contribution in [0, 0.1) is 11.3 Å². The van der Waals surface area contributed by atoms with E-state index < -0.39 is 5.91 Å². The molecule has 0 saturated heterocycles. The second-order valence-corrected chi connectivity index (χ2v) is 1.06. The van der Waals surface area contributed by atoms with Gasteiger partial charge in [-0.3, -0.25) is 4.79 Å². The van der Waals surface area contributed by atoms with Gasteiger partial charge in [0, 0.05) is 6.20 Å². The lowest BCUT2D eigenvalue weighted by molar-refractivity contribution is -0.114. The molecule has 1 amide bonds. The van der Waals surface area contributed by atoms with Crippen molar-refractivity contribution in [2.24, 2.45) is 11.5 Å². The molecule has 0 aliphatic heterocycles. The van der Waals surface area contributed by atoms with Crippen LogP contribution in [0.25, 0.3) is 0 Å². The van der Waals surface area contributed by atoms with E-state index in [1.807, 2.05) is 0 Å². The number of amides is 1. The van der Waals surface area contributed by atoms with Gasteiger partial charge in [0.2, 0.25) is 0 Å². The van der Waals surface area contributed by atoms with Crippen LogP contribution in [0.5, 0.6) is 0 Å². The van der Waals surface area contributed by atoms with E-state index in [-0.39, 0.29) is 5.57 Å². The fourth-order valence-corrected chi connectivity index (χ4v) is 0.174. The van der Waals surface area contributed by atoms with Crippen LogP contribution in [-0.4, -0.2) is 5.91 Å². The van der Waals surface area contributed by atoms with Gasteiger partial charge in [-0.2, -0.15) is 5.26 Å². The topological polar surface area (TPSA) is 92.9 Å². The summed E-state index contributed by atoms with van der Waals surface area (Å²) >= 11 is 0. The Kier molecular flexibility index (Phi) is 2.14. The highest BCUT2D eigenvalue weighted by atomic mass is 16.1. The number of carbonyl (C=O) groups is 1. The lowest BCUT2D eigenvalue weighted by Crippen LogP contribution is -2.13. The van der Waals surface area contributed by atoms with Crippen LogP contribution in [0.15, 0.2) is 11.8 Å². The Bertz CT molecular complexity index is 165. The zero-order valence-corrected chi connectivity index (χ0v) is 4.09. The quantitative estimate of drug-likeness (QED) is 0.330. The first kappa shape index (κ1) is 6.50. The van der Waals surface area contributed by atoms with Gasteiger partial charge in [-0.1, -0.05) is 0 Å². The molecule has 0 fully saturated rings. The normalized spacial score (nSPS) is 10.1. The van der Waals surface area contributed by atoms with Crippen molar-refractivity contribution in [3.8, 4) is 6.07 Å². The molecule has 0 rings (SSSR count). The van der Waals surface area contributed by atoms with E-state index in [0.29, 0.717) is 0 Å². The van der Waals surface area contributed by atoms with Gasteiger partial charge in [-0.25, -0.2) is 0 Å². The first-order valence-corrected chi connectivity index (χ1v) is 1.84. The average Bonchev–Trinajstić information content (AvgIpc) is 1.69. The monoisotopic (exact) mass is 111 g/mol. The minimum atomic E-state index is -0.796. The largest absolute Gasteiger partial charge is 0.403 e. The first-order chi connectivity index (χ1) is 3.72. The van der Waals surface area contributed by atoms with Gasteiger partial charge in [-0.05, 0) is 0 Å². The van der Waals surface area contributed by atoms with Gasteiger partial charge in [0.25, 0.3) is 5.91 Å². The summed E-state index contributed by atoms with van der Waals surface area (Å²) in [6.07, 6.45) is 0.877. The van der Waals surface area contributed by atoms with E-state index in [2.05, 4.69) is 5.73 Å². The predicted octanol–water partition coefficient (Wildman–Crippen LogP) is -1.16. The number of rotatable bonds is 1. The van der Waals surface area contributed by atoms with Crippen LogP contribution in [0.4, 0.5) is 0 Å². The SMILES string of the molecule is N#C/C(=C/N)C(N)=O. The van der Waals surface area contributed by atoms with E-state index in [4.69, 9.17) is 11.0 Å². The maximum atomic E-state index is 10.0. The molecular weight excluding hydrogens is 106 g/mol. The summed E-state index contributed by atoms with van der Waals surface area (Å²) < 4.78 is 0. The van der Waals surface area contributed by atoms with Crippen LogP contribution in [0.3, 0.4) is 0 Å². The van der Waals surface area contributed by atoms with Gasteiger partial charge in [0.1, 0.15) is 11.6 Å². The molecule has 0 aromatic rings. The Morgan fingerprint density at radius 1 is 1.75 bits per heavy atom. The minimum Gasteiger partial charge on any atom is -0.403 e. The highest BCUT2D eigenvalue weighted by Gasteiger charge is 1.98. The lowest BCUT2D eigenvalue weighted by atomic mass is 10.3. The Labute approximate surface area is 46.4 Å². The Morgan fingerprint density at radius 3 is 2.25 bits per heavy atom. The van der Waals surface area contributed by atoms with Gasteiger partial charge >= 0.3 is 0 Å². The summed E-state index contributed by atoms with van der Waals surface area (Å²) in [5.74, 6) is -0.796. The smallest absolute Gasteiger partial charge is 0.260 e. The van der Waals surface area contributed by atoms with E-state index in [1.165, 1.54) is 6.07 Å². The average molecular weight is 111 g/mol. The third-order valence-electron chi connectivity index (χ3n) is 0.553. The Balaban J connectivity index is 4.20. The molecule has 0 aromatic heterocycles. The lowest BCUT2D eigenvalue weighted by Gasteiger charge is -1.82. The van der Waals surface area contributed by atoms with Crippen molar-refractivity contribution in [3.63, 3.8) is 0 Å². The fourth-order valence-electron chi connectivity index (χ4n) is 0.174. The molecule has 4 N–H and O–H groups in total. The third kappa shape index (κ3) is 1.30. The van der Waals surface area contributed by atoms with Crippen molar-refractivity contribution >= 4 is 5.91 Å². The number of nitrogens with two attached hydrogens (primary N) is 2. The highest BCUT2D eigenvalue weighted by Crippen LogP contribution is 1.82. The molecule has 4 nitrogen and oxygen atoms in total. The van der Waals surface area contributed by atoms with Crippen molar-refractivity contribution < 1.29 is 4.79 Å². The summed E-state index contributed by atoms with van der Waals surface area (Å²) in [6, 6.07) is 1.51. The molecule has 8 heavy (non-hydrogen) atoms. The number of hydrogen-bond acceptors (Lipinski definition) is 3. The zero-order chi connectivity index (χ0) is 6.57.